The molecule has 1 aromatic heterocycles. The minimum absolute atomic E-state index is 0.0516. The molecule has 0 aliphatic heterocycles. The molecule has 1 saturated carbocycles. The van der Waals surface area contributed by atoms with Gasteiger partial charge in [0.1, 0.15) is 0 Å². The van der Waals surface area contributed by atoms with Crippen LogP contribution < -0.4 is 0 Å². The molecule has 7 heteroatoms. The Labute approximate surface area is 177 Å². The van der Waals surface area contributed by atoms with Gasteiger partial charge in [0, 0.05) is 35.1 Å². The van der Waals surface area contributed by atoms with Crippen molar-refractivity contribution in [2.24, 2.45) is 0 Å². The van der Waals surface area contributed by atoms with E-state index in [0.717, 1.165) is 36.2 Å². The number of hydrogen-bond donors (Lipinski definition) is 0. The smallest absolute Gasteiger partial charge is 0.345 e. The number of nitrogens with zero attached hydrogens (tertiary/aromatic N) is 2. The second-order valence-corrected chi connectivity index (χ2v) is 7.87. The van der Waals surface area contributed by atoms with Crippen molar-refractivity contribution in [3.63, 3.8) is 0 Å². The minimum Gasteiger partial charge on any atom is -0.345 e. The summed E-state index contributed by atoms with van der Waals surface area (Å²) < 4.78 is 41.2. The highest BCUT2D eigenvalue weighted by atomic mass is 35.5. The van der Waals surface area contributed by atoms with Crippen LogP contribution in [0.4, 0.5) is 13.2 Å². The van der Waals surface area contributed by atoms with Gasteiger partial charge in [-0.05, 0) is 54.8 Å². The standard InChI is InChI=1S/C23H20ClF3N2O/c24-21-9-2-1-5-17(21)14-28-12-4-8-20(28)15-29(19-10-11-19)22(30)16-6-3-7-18(13-16)23(25,26)27/h1-9,12-13,19H,10-11,14-15H2. The molecule has 30 heavy (non-hydrogen) atoms. The van der Waals surface area contributed by atoms with Crippen molar-refractivity contribution in [3.05, 3.63) is 94.3 Å². The molecule has 0 atom stereocenters. The predicted octanol–water partition coefficient (Wildman–Crippen LogP) is 6.01. The average molecular weight is 433 g/mol. The first kappa shape index (κ1) is 20.5. The van der Waals surface area contributed by atoms with Crippen molar-refractivity contribution >= 4 is 17.5 Å². The van der Waals surface area contributed by atoms with Crippen LogP contribution in [0.2, 0.25) is 5.02 Å². The van der Waals surface area contributed by atoms with E-state index in [1.165, 1.54) is 12.1 Å². The Morgan fingerprint density at radius 1 is 1.07 bits per heavy atom. The van der Waals surface area contributed by atoms with Gasteiger partial charge in [-0.25, -0.2) is 0 Å². The van der Waals surface area contributed by atoms with Crippen LogP contribution >= 0.6 is 11.6 Å². The molecule has 0 saturated heterocycles. The van der Waals surface area contributed by atoms with Crippen LogP contribution in [0.3, 0.4) is 0 Å². The second kappa shape index (κ2) is 8.19. The number of carbonyl (C=O) groups excluding carboxylic acids is 1. The lowest BCUT2D eigenvalue weighted by molar-refractivity contribution is -0.137. The van der Waals surface area contributed by atoms with Gasteiger partial charge >= 0.3 is 6.18 Å². The van der Waals surface area contributed by atoms with Crippen LogP contribution in [-0.2, 0) is 19.3 Å². The molecule has 0 radical (unpaired) electrons. The highest BCUT2D eigenvalue weighted by Gasteiger charge is 2.35. The first-order chi connectivity index (χ1) is 14.3. The first-order valence-electron chi connectivity index (χ1n) is 9.68. The Hall–Kier alpha value is -2.73. The van der Waals surface area contributed by atoms with Crippen molar-refractivity contribution in [1.82, 2.24) is 9.47 Å². The van der Waals surface area contributed by atoms with Crippen LogP contribution in [0.1, 0.15) is 40.0 Å². The number of rotatable bonds is 6. The van der Waals surface area contributed by atoms with Crippen molar-refractivity contribution in [1.29, 1.82) is 0 Å². The molecule has 1 amide bonds. The third-order valence-corrected chi connectivity index (χ3v) is 5.61. The summed E-state index contributed by atoms with van der Waals surface area (Å²) in [7, 11) is 0. The topological polar surface area (TPSA) is 25.2 Å². The van der Waals surface area contributed by atoms with E-state index in [4.69, 9.17) is 11.6 Å². The van der Waals surface area contributed by atoms with E-state index in [2.05, 4.69) is 0 Å². The van der Waals surface area contributed by atoms with Gasteiger partial charge in [-0.3, -0.25) is 4.79 Å². The number of halogens is 4. The SMILES string of the molecule is O=C(c1cccc(C(F)(F)F)c1)N(Cc1cccn1Cc1ccccc1Cl)C1CC1. The highest BCUT2D eigenvalue weighted by Crippen LogP contribution is 2.33. The van der Waals surface area contributed by atoms with Gasteiger partial charge < -0.3 is 9.47 Å². The highest BCUT2D eigenvalue weighted by molar-refractivity contribution is 6.31. The summed E-state index contributed by atoms with van der Waals surface area (Å²) in [6, 6.07) is 16.0. The van der Waals surface area contributed by atoms with Gasteiger partial charge in [-0.15, -0.1) is 0 Å². The molecular formula is C23H20ClF3N2O. The third kappa shape index (κ3) is 4.54. The molecule has 0 unspecified atom stereocenters. The van der Waals surface area contributed by atoms with Gasteiger partial charge in [0.15, 0.2) is 0 Å². The summed E-state index contributed by atoms with van der Waals surface area (Å²) in [5.74, 6) is -0.380. The molecule has 3 nitrogen and oxygen atoms in total. The molecule has 1 aliphatic rings. The molecule has 156 valence electrons. The van der Waals surface area contributed by atoms with Crippen molar-refractivity contribution in [3.8, 4) is 0 Å². The van der Waals surface area contributed by atoms with E-state index in [9.17, 15) is 18.0 Å². The number of amides is 1. The van der Waals surface area contributed by atoms with E-state index in [-0.39, 0.29) is 17.5 Å². The number of carbonyl (C=O) groups is 1. The monoisotopic (exact) mass is 432 g/mol. The van der Waals surface area contributed by atoms with Crippen LogP contribution in [-0.4, -0.2) is 21.4 Å². The lowest BCUT2D eigenvalue weighted by Gasteiger charge is -2.24. The fourth-order valence-electron chi connectivity index (χ4n) is 3.48. The number of benzene rings is 2. The quantitative estimate of drug-likeness (QED) is 0.468. The molecule has 1 aliphatic carbocycles. The van der Waals surface area contributed by atoms with Gasteiger partial charge in [-0.2, -0.15) is 13.2 Å². The van der Waals surface area contributed by atoms with E-state index in [1.807, 2.05) is 47.2 Å². The largest absolute Gasteiger partial charge is 0.416 e. The van der Waals surface area contributed by atoms with E-state index in [0.29, 0.717) is 18.1 Å². The maximum absolute atomic E-state index is 13.1. The summed E-state index contributed by atoms with van der Waals surface area (Å²) >= 11 is 6.27. The van der Waals surface area contributed by atoms with Gasteiger partial charge in [0.2, 0.25) is 0 Å². The zero-order chi connectivity index (χ0) is 21.3. The Morgan fingerprint density at radius 2 is 1.83 bits per heavy atom. The van der Waals surface area contributed by atoms with E-state index < -0.39 is 11.7 Å². The average Bonchev–Trinajstić information content (AvgIpc) is 3.47. The van der Waals surface area contributed by atoms with Crippen molar-refractivity contribution in [2.45, 2.75) is 38.1 Å². The molecule has 0 bridgehead atoms. The summed E-state index contributed by atoms with van der Waals surface area (Å²) in [5, 5.41) is 0.663. The Bertz CT molecular complexity index is 1060. The van der Waals surface area contributed by atoms with E-state index >= 15 is 0 Å². The fourth-order valence-corrected chi connectivity index (χ4v) is 3.67. The molecule has 1 heterocycles. The first-order valence-corrected chi connectivity index (χ1v) is 10.1. The lowest BCUT2D eigenvalue weighted by Crippen LogP contribution is -2.33. The maximum atomic E-state index is 13.1. The third-order valence-electron chi connectivity index (χ3n) is 5.24. The van der Waals surface area contributed by atoms with Gasteiger partial charge in [0.05, 0.1) is 12.1 Å². The Balaban J connectivity index is 1.57. The fraction of sp³-hybridized carbons (Fsp3) is 0.261. The molecule has 3 aromatic rings. The van der Waals surface area contributed by atoms with Crippen LogP contribution in [0, 0.1) is 0 Å². The molecule has 4 rings (SSSR count). The molecule has 0 spiro atoms. The summed E-state index contributed by atoms with van der Waals surface area (Å²) in [4.78, 5) is 14.8. The number of hydrogen-bond acceptors (Lipinski definition) is 1. The van der Waals surface area contributed by atoms with Crippen LogP contribution in [0.25, 0.3) is 0 Å². The van der Waals surface area contributed by atoms with Crippen molar-refractivity contribution < 1.29 is 18.0 Å². The zero-order valence-electron chi connectivity index (χ0n) is 16.1. The van der Waals surface area contributed by atoms with Crippen LogP contribution in [0.15, 0.2) is 66.9 Å². The molecule has 2 aromatic carbocycles. The summed E-state index contributed by atoms with van der Waals surface area (Å²) in [6.45, 7) is 0.884. The van der Waals surface area contributed by atoms with Gasteiger partial charge in [-0.1, -0.05) is 35.9 Å². The second-order valence-electron chi connectivity index (χ2n) is 7.46. The summed E-state index contributed by atoms with van der Waals surface area (Å²) in [6.07, 6.45) is -0.852. The maximum Gasteiger partial charge on any atom is 0.416 e. The summed E-state index contributed by atoms with van der Waals surface area (Å²) in [5.41, 5.74) is 1.10. The number of alkyl halides is 3. The van der Waals surface area contributed by atoms with Gasteiger partial charge in [0.25, 0.3) is 5.91 Å². The Morgan fingerprint density at radius 3 is 2.53 bits per heavy atom. The minimum atomic E-state index is -4.48. The molecule has 0 N–H and O–H groups in total. The number of aromatic nitrogens is 1. The predicted molar refractivity (Wildman–Crippen MR) is 109 cm³/mol. The van der Waals surface area contributed by atoms with Crippen LogP contribution in [0.5, 0.6) is 0 Å². The zero-order valence-corrected chi connectivity index (χ0v) is 16.8. The normalized spacial score (nSPS) is 14.0. The van der Waals surface area contributed by atoms with E-state index in [1.54, 1.807) is 4.90 Å². The molecular weight excluding hydrogens is 413 g/mol. The van der Waals surface area contributed by atoms with Crippen molar-refractivity contribution in [2.75, 3.05) is 0 Å². The molecule has 1 fully saturated rings. The lowest BCUT2D eigenvalue weighted by atomic mass is 10.1. The Kier molecular flexibility index (Phi) is 5.60.